The highest BCUT2D eigenvalue weighted by molar-refractivity contribution is 14.1. The number of carbonyl (C=O) groups is 1. The lowest BCUT2D eigenvalue weighted by Gasteiger charge is -2.24. The zero-order valence-corrected chi connectivity index (χ0v) is 30.8. The van der Waals surface area contributed by atoms with Gasteiger partial charge in [-0.15, -0.1) is 0 Å². The van der Waals surface area contributed by atoms with E-state index in [4.69, 9.17) is 14.2 Å². The highest BCUT2D eigenvalue weighted by Gasteiger charge is 2.18. The van der Waals surface area contributed by atoms with Crippen LogP contribution in [0.3, 0.4) is 0 Å². The van der Waals surface area contributed by atoms with Gasteiger partial charge in [0.15, 0.2) is 0 Å². The SMILES string of the molecule is BrCCCCCCOc1ccc(I)cc1.CN.CN(CCCCCCOc1ccc(I)cc1)C(=O)OC(C)(C)C. The van der Waals surface area contributed by atoms with Gasteiger partial charge in [0.2, 0.25) is 0 Å². The van der Waals surface area contributed by atoms with Crippen molar-refractivity contribution in [2.24, 2.45) is 5.73 Å². The van der Waals surface area contributed by atoms with E-state index in [1.807, 2.05) is 57.2 Å². The summed E-state index contributed by atoms with van der Waals surface area (Å²) < 4.78 is 19.1. The van der Waals surface area contributed by atoms with Crippen LogP contribution in [-0.2, 0) is 4.74 Å². The molecule has 0 spiro atoms. The summed E-state index contributed by atoms with van der Waals surface area (Å²) in [4.78, 5) is 13.4. The fraction of sp³-hybridized carbons (Fsp3) is 0.581. The second kappa shape index (κ2) is 24.8. The van der Waals surface area contributed by atoms with Crippen molar-refractivity contribution in [3.05, 3.63) is 55.7 Å². The quantitative estimate of drug-likeness (QED) is 0.110. The number of ether oxygens (including phenoxy) is 3. The minimum atomic E-state index is -0.432. The van der Waals surface area contributed by atoms with Gasteiger partial charge in [-0.3, -0.25) is 0 Å². The first-order chi connectivity index (χ1) is 19.1. The minimum Gasteiger partial charge on any atom is -0.494 e. The highest BCUT2D eigenvalue weighted by atomic mass is 127. The highest BCUT2D eigenvalue weighted by Crippen LogP contribution is 2.15. The second-order valence-corrected chi connectivity index (χ2v) is 13.3. The summed E-state index contributed by atoms with van der Waals surface area (Å²) in [6.45, 7) is 7.95. The first-order valence-electron chi connectivity index (χ1n) is 14.0. The summed E-state index contributed by atoms with van der Waals surface area (Å²) in [6, 6.07) is 16.3. The molecule has 40 heavy (non-hydrogen) atoms. The number of hydrogen-bond donors (Lipinski definition) is 1. The molecule has 0 aliphatic carbocycles. The molecule has 0 saturated carbocycles. The molecular weight excluding hydrogens is 798 g/mol. The number of carbonyl (C=O) groups excluding carboxylic acids is 1. The lowest BCUT2D eigenvalue weighted by molar-refractivity contribution is 0.0296. The van der Waals surface area contributed by atoms with Crippen LogP contribution in [-0.4, -0.2) is 55.8 Å². The molecule has 0 bridgehead atoms. The Bertz CT molecular complexity index is 878. The molecule has 0 radical (unpaired) electrons. The maximum Gasteiger partial charge on any atom is 0.410 e. The number of rotatable bonds is 15. The molecule has 0 aromatic heterocycles. The van der Waals surface area contributed by atoms with Crippen molar-refractivity contribution in [2.75, 3.05) is 39.2 Å². The van der Waals surface area contributed by atoms with E-state index >= 15 is 0 Å². The monoisotopic (exact) mass is 846 g/mol. The van der Waals surface area contributed by atoms with Crippen molar-refractivity contribution in [3.63, 3.8) is 0 Å². The Hall–Kier alpha value is -0.790. The Balaban J connectivity index is 0.000000772. The van der Waals surface area contributed by atoms with Gasteiger partial charge in [0.1, 0.15) is 17.1 Å². The van der Waals surface area contributed by atoms with E-state index in [9.17, 15) is 4.79 Å². The van der Waals surface area contributed by atoms with Gasteiger partial charge in [-0.25, -0.2) is 4.79 Å². The third-order valence-corrected chi connectivity index (χ3v) is 7.28. The molecule has 0 saturated heterocycles. The minimum absolute atomic E-state index is 0.250. The summed E-state index contributed by atoms with van der Waals surface area (Å²) in [6.07, 6.45) is 8.93. The first kappa shape index (κ1) is 39.2. The second-order valence-electron chi connectivity index (χ2n) is 10.0. The van der Waals surface area contributed by atoms with Crippen LogP contribution in [0.5, 0.6) is 11.5 Å². The fourth-order valence-electron chi connectivity index (χ4n) is 3.23. The molecule has 0 aliphatic heterocycles. The van der Waals surface area contributed by atoms with Crippen molar-refractivity contribution in [1.29, 1.82) is 0 Å². The third-order valence-electron chi connectivity index (χ3n) is 5.29. The topological polar surface area (TPSA) is 74.0 Å². The van der Waals surface area contributed by atoms with Gasteiger partial charge in [0.05, 0.1) is 13.2 Å². The van der Waals surface area contributed by atoms with Crippen LogP contribution >= 0.6 is 61.1 Å². The van der Waals surface area contributed by atoms with Crippen LogP contribution in [0.15, 0.2) is 48.5 Å². The number of amides is 1. The summed E-state index contributed by atoms with van der Waals surface area (Å²) >= 11 is 8.01. The molecule has 0 atom stereocenters. The number of unbranched alkanes of at least 4 members (excludes halogenated alkanes) is 6. The van der Waals surface area contributed by atoms with Crippen molar-refractivity contribution in [1.82, 2.24) is 4.90 Å². The number of benzene rings is 2. The molecule has 0 unspecified atom stereocenters. The normalized spacial score (nSPS) is 10.4. The van der Waals surface area contributed by atoms with Crippen molar-refractivity contribution in [2.45, 2.75) is 77.7 Å². The van der Waals surface area contributed by atoms with E-state index in [2.05, 4.69) is 79.0 Å². The van der Waals surface area contributed by atoms with E-state index in [1.165, 1.54) is 33.5 Å². The Morgan fingerprint density at radius 2 is 1.15 bits per heavy atom. The average Bonchev–Trinajstić information content (AvgIpc) is 2.92. The Morgan fingerprint density at radius 3 is 1.55 bits per heavy atom. The molecule has 2 N–H and O–H groups in total. The van der Waals surface area contributed by atoms with Crippen LogP contribution < -0.4 is 15.2 Å². The number of nitrogens with two attached hydrogens (primary N) is 1. The van der Waals surface area contributed by atoms with Gasteiger partial charge >= 0.3 is 6.09 Å². The van der Waals surface area contributed by atoms with Crippen LogP contribution in [0.4, 0.5) is 4.79 Å². The summed E-state index contributed by atoms with van der Waals surface area (Å²) in [5, 5.41) is 1.12. The summed E-state index contributed by atoms with van der Waals surface area (Å²) in [5.74, 6) is 1.91. The largest absolute Gasteiger partial charge is 0.494 e. The molecule has 9 heteroatoms. The molecule has 2 rings (SSSR count). The maximum atomic E-state index is 11.8. The van der Waals surface area contributed by atoms with Gasteiger partial charge in [-0.2, -0.15) is 0 Å². The zero-order chi connectivity index (χ0) is 30.2. The number of hydrogen-bond acceptors (Lipinski definition) is 5. The third kappa shape index (κ3) is 22.8. The predicted octanol–water partition coefficient (Wildman–Crippen LogP) is 9.30. The summed E-state index contributed by atoms with van der Waals surface area (Å²) in [5.41, 5.74) is 4.07. The smallest absolute Gasteiger partial charge is 0.410 e. The molecule has 2 aromatic carbocycles. The molecule has 6 nitrogen and oxygen atoms in total. The standard InChI is InChI=1S/C18H28INO3.C12H16BrIO.CH5N/c1-18(2,3)23-17(21)20(4)13-7-5-6-8-14-22-16-11-9-15(19)10-12-16;13-9-3-1-2-4-10-15-12-7-5-11(14)6-8-12;1-2/h9-12H,5-8,13-14H2,1-4H3;5-8H,1-4,9-10H2;2H2,1H3. The Morgan fingerprint density at radius 1 is 0.750 bits per heavy atom. The number of nitrogens with zero attached hydrogens (tertiary/aromatic N) is 1. The molecule has 0 heterocycles. The maximum absolute atomic E-state index is 11.8. The molecule has 1 amide bonds. The van der Waals surface area contributed by atoms with Crippen LogP contribution in [0.25, 0.3) is 0 Å². The van der Waals surface area contributed by atoms with Gasteiger partial charge < -0.3 is 24.8 Å². The lowest BCUT2D eigenvalue weighted by Crippen LogP contribution is -2.34. The summed E-state index contributed by atoms with van der Waals surface area (Å²) in [7, 11) is 3.29. The van der Waals surface area contributed by atoms with Gasteiger partial charge in [-0.05, 0) is 147 Å². The molecule has 0 fully saturated rings. The Labute approximate surface area is 278 Å². The van der Waals surface area contributed by atoms with Crippen LogP contribution in [0, 0.1) is 7.14 Å². The van der Waals surface area contributed by atoms with Gasteiger partial charge in [-0.1, -0.05) is 41.6 Å². The zero-order valence-electron chi connectivity index (χ0n) is 24.9. The van der Waals surface area contributed by atoms with E-state index in [-0.39, 0.29) is 6.09 Å². The molecule has 2 aromatic rings. The van der Waals surface area contributed by atoms with Gasteiger partial charge in [0.25, 0.3) is 0 Å². The van der Waals surface area contributed by atoms with E-state index in [0.29, 0.717) is 0 Å². The first-order valence-corrected chi connectivity index (χ1v) is 17.2. The molecule has 0 aliphatic rings. The van der Waals surface area contributed by atoms with Crippen molar-refractivity contribution < 1.29 is 19.0 Å². The number of halogens is 3. The van der Waals surface area contributed by atoms with Crippen LogP contribution in [0.2, 0.25) is 0 Å². The molecule has 228 valence electrons. The van der Waals surface area contributed by atoms with Crippen LogP contribution in [0.1, 0.15) is 72.1 Å². The number of alkyl halides is 1. The fourth-order valence-corrected chi connectivity index (χ4v) is 4.34. The lowest BCUT2D eigenvalue weighted by atomic mass is 10.2. The molecular formula is C31H49BrI2N2O4. The van der Waals surface area contributed by atoms with E-state index in [0.717, 1.165) is 68.7 Å². The predicted molar refractivity (Wildman–Crippen MR) is 189 cm³/mol. The van der Waals surface area contributed by atoms with E-state index < -0.39 is 5.60 Å². The average molecular weight is 847 g/mol. The Kier molecular flexibility index (Phi) is 24.3. The van der Waals surface area contributed by atoms with Gasteiger partial charge in [0, 0.05) is 26.1 Å². The van der Waals surface area contributed by atoms with E-state index in [1.54, 1.807) is 11.9 Å². The van der Waals surface area contributed by atoms with Crippen molar-refractivity contribution in [3.8, 4) is 11.5 Å². The van der Waals surface area contributed by atoms with Crippen molar-refractivity contribution >= 4 is 67.2 Å².